The standard InChI is InChI=1S/C10H13O5P/c11-9(12)6-7-16(14,15)10(13)8-4-2-1-3-5-8/h1-5,10,13H,6-7H2,(H,11,12)(H,14,15). The van der Waals surface area contributed by atoms with E-state index in [1.54, 1.807) is 18.2 Å². The number of carboxylic acid groups (broad SMARTS) is 1. The first-order valence-corrected chi connectivity index (χ1v) is 6.61. The zero-order valence-corrected chi connectivity index (χ0v) is 9.38. The average molecular weight is 244 g/mol. The molecule has 5 nitrogen and oxygen atoms in total. The lowest BCUT2D eigenvalue weighted by Crippen LogP contribution is -2.06. The number of aliphatic hydroxyl groups excluding tert-OH is 1. The van der Waals surface area contributed by atoms with Gasteiger partial charge in [0.1, 0.15) is 0 Å². The molecule has 0 amide bonds. The third-order valence-electron chi connectivity index (χ3n) is 2.13. The minimum Gasteiger partial charge on any atom is -0.481 e. The smallest absolute Gasteiger partial charge is 0.303 e. The van der Waals surface area contributed by atoms with Crippen LogP contribution < -0.4 is 0 Å². The van der Waals surface area contributed by atoms with Crippen LogP contribution in [-0.4, -0.2) is 27.2 Å². The maximum absolute atomic E-state index is 11.7. The first-order chi connectivity index (χ1) is 7.43. The lowest BCUT2D eigenvalue weighted by molar-refractivity contribution is -0.136. The molecule has 0 aliphatic heterocycles. The Morgan fingerprint density at radius 3 is 2.38 bits per heavy atom. The summed E-state index contributed by atoms with van der Waals surface area (Å²) in [5.41, 5.74) is 0.318. The van der Waals surface area contributed by atoms with Gasteiger partial charge in [-0.25, -0.2) is 0 Å². The lowest BCUT2D eigenvalue weighted by atomic mass is 10.2. The number of carboxylic acids is 1. The highest BCUT2D eigenvalue weighted by Gasteiger charge is 2.30. The SMILES string of the molecule is O=C(O)CCP(=O)(O)C(O)c1ccccc1. The van der Waals surface area contributed by atoms with Gasteiger partial charge in [-0.1, -0.05) is 30.3 Å². The van der Waals surface area contributed by atoms with Crippen molar-refractivity contribution in [1.29, 1.82) is 0 Å². The Morgan fingerprint density at radius 1 is 1.31 bits per heavy atom. The van der Waals surface area contributed by atoms with Crippen molar-refractivity contribution in [2.45, 2.75) is 12.3 Å². The molecule has 0 heterocycles. The van der Waals surface area contributed by atoms with Crippen LogP contribution in [0.2, 0.25) is 0 Å². The van der Waals surface area contributed by atoms with Crippen LogP contribution in [0.25, 0.3) is 0 Å². The third-order valence-corrected chi connectivity index (χ3v) is 4.05. The minimum atomic E-state index is -3.88. The Hall–Kier alpha value is -1.16. The van der Waals surface area contributed by atoms with Crippen molar-refractivity contribution < 1.29 is 24.5 Å². The molecule has 0 spiro atoms. The molecule has 3 N–H and O–H groups in total. The maximum atomic E-state index is 11.7. The first kappa shape index (κ1) is 12.9. The van der Waals surface area contributed by atoms with Gasteiger partial charge in [-0.2, -0.15) is 0 Å². The second kappa shape index (κ2) is 5.25. The van der Waals surface area contributed by atoms with Crippen molar-refractivity contribution in [1.82, 2.24) is 0 Å². The van der Waals surface area contributed by atoms with Crippen molar-refractivity contribution in [3.8, 4) is 0 Å². The van der Waals surface area contributed by atoms with Crippen LogP contribution in [0.15, 0.2) is 30.3 Å². The van der Waals surface area contributed by atoms with E-state index in [1.165, 1.54) is 12.1 Å². The van der Waals surface area contributed by atoms with Gasteiger partial charge in [0.05, 0.1) is 6.42 Å². The molecule has 0 fully saturated rings. The summed E-state index contributed by atoms with van der Waals surface area (Å²) < 4.78 is 11.7. The van der Waals surface area contributed by atoms with Gasteiger partial charge in [-0.15, -0.1) is 0 Å². The second-order valence-electron chi connectivity index (χ2n) is 3.41. The Morgan fingerprint density at radius 2 is 1.88 bits per heavy atom. The van der Waals surface area contributed by atoms with Crippen molar-refractivity contribution in [2.24, 2.45) is 0 Å². The highest BCUT2D eigenvalue weighted by molar-refractivity contribution is 7.58. The topological polar surface area (TPSA) is 94.8 Å². The van der Waals surface area contributed by atoms with E-state index >= 15 is 0 Å². The number of carbonyl (C=O) groups is 1. The number of aliphatic carboxylic acids is 1. The number of aliphatic hydroxyl groups is 1. The molecule has 0 radical (unpaired) electrons. The highest BCUT2D eigenvalue weighted by Crippen LogP contribution is 2.54. The van der Waals surface area contributed by atoms with Gasteiger partial charge in [0.25, 0.3) is 0 Å². The van der Waals surface area contributed by atoms with Gasteiger partial charge >= 0.3 is 5.97 Å². The monoisotopic (exact) mass is 244 g/mol. The third kappa shape index (κ3) is 3.45. The van der Waals surface area contributed by atoms with Gasteiger partial charge in [-0.05, 0) is 5.56 Å². The van der Waals surface area contributed by atoms with E-state index in [2.05, 4.69) is 0 Å². The molecule has 1 aromatic carbocycles. The van der Waals surface area contributed by atoms with Gasteiger partial charge in [0.15, 0.2) is 5.85 Å². The predicted octanol–water partition coefficient (Wildman–Crippen LogP) is 1.42. The summed E-state index contributed by atoms with van der Waals surface area (Å²) in [7, 11) is -3.88. The molecule has 0 saturated carbocycles. The van der Waals surface area contributed by atoms with Crippen LogP contribution in [0.1, 0.15) is 17.8 Å². The quantitative estimate of drug-likeness (QED) is 0.681. The molecule has 6 heteroatoms. The van der Waals surface area contributed by atoms with Crippen LogP contribution in [0.4, 0.5) is 0 Å². The molecule has 0 aliphatic rings. The summed E-state index contributed by atoms with van der Waals surface area (Å²) in [6.45, 7) is 0. The van der Waals surface area contributed by atoms with Crippen molar-refractivity contribution in [2.75, 3.05) is 6.16 Å². The average Bonchev–Trinajstić information content (AvgIpc) is 2.27. The normalized spacial score (nSPS) is 16.4. The second-order valence-corrected chi connectivity index (χ2v) is 5.85. The Balaban J connectivity index is 2.76. The zero-order chi connectivity index (χ0) is 12.2. The van der Waals surface area contributed by atoms with E-state index in [1.807, 2.05) is 0 Å². The number of rotatable bonds is 5. The van der Waals surface area contributed by atoms with Crippen LogP contribution in [0.5, 0.6) is 0 Å². The minimum absolute atomic E-state index is 0.318. The van der Waals surface area contributed by atoms with Crippen molar-refractivity contribution >= 4 is 13.3 Å². The van der Waals surface area contributed by atoms with Crippen LogP contribution >= 0.6 is 7.37 Å². The van der Waals surface area contributed by atoms with E-state index in [-0.39, 0.29) is 0 Å². The summed E-state index contributed by atoms with van der Waals surface area (Å²) in [6, 6.07) is 8.03. The van der Waals surface area contributed by atoms with Crippen LogP contribution in [0.3, 0.4) is 0 Å². The fourth-order valence-electron chi connectivity index (χ4n) is 1.24. The van der Waals surface area contributed by atoms with Gasteiger partial charge in [0.2, 0.25) is 7.37 Å². The molecule has 0 aromatic heterocycles. The lowest BCUT2D eigenvalue weighted by Gasteiger charge is -2.17. The van der Waals surface area contributed by atoms with E-state index in [9.17, 15) is 19.4 Å². The summed E-state index contributed by atoms with van der Waals surface area (Å²) >= 11 is 0. The number of benzene rings is 1. The van der Waals surface area contributed by atoms with Gasteiger partial charge < -0.3 is 15.1 Å². The largest absolute Gasteiger partial charge is 0.481 e. The molecule has 0 bridgehead atoms. The molecular formula is C10H13O5P. The molecule has 0 aliphatic carbocycles. The van der Waals surface area contributed by atoms with Crippen LogP contribution in [0, 0.1) is 0 Å². The van der Waals surface area contributed by atoms with Crippen LogP contribution in [-0.2, 0) is 9.36 Å². The van der Waals surface area contributed by atoms with Gasteiger partial charge in [-0.3, -0.25) is 9.36 Å². The zero-order valence-electron chi connectivity index (χ0n) is 8.48. The van der Waals surface area contributed by atoms with E-state index in [0.717, 1.165) is 0 Å². The number of hydrogen-bond acceptors (Lipinski definition) is 3. The van der Waals surface area contributed by atoms with Gasteiger partial charge in [0, 0.05) is 6.16 Å². The molecule has 1 aromatic rings. The Bertz CT molecular complexity index is 403. The maximum Gasteiger partial charge on any atom is 0.303 e. The Kier molecular flexibility index (Phi) is 4.24. The molecule has 88 valence electrons. The fraction of sp³-hybridized carbons (Fsp3) is 0.300. The van der Waals surface area contributed by atoms with E-state index < -0.39 is 31.8 Å². The molecule has 2 atom stereocenters. The Labute approximate surface area is 92.8 Å². The summed E-state index contributed by atoms with van der Waals surface area (Å²) in [5.74, 6) is -2.68. The highest BCUT2D eigenvalue weighted by atomic mass is 31.2. The summed E-state index contributed by atoms with van der Waals surface area (Å²) in [5, 5.41) is 18.1. The van der Waals surface area contributed by atoms with Crippen molar-refractivity contribution in [3.05, 3.63) is 35.9 Å². The molecule has 0 saturated heterocycles. The first-order valence-electron chi connectivity index (χ1n) is 4.70. The summed E-state index contributed by atoms with van der Waals surface area (Å²) in [6.07, 6.45) is -0.865. The predicted molar refractivity (Wildman–Crippen MR) is 58.3 cm³/mol. The fourth-order valence-corrected chi connectivity index (χ4v) is 2.63. The summed E-state index contributed by atoms with van der Waals surface area (Å²) in [4.78, 5) is 19.8. The van der Waals surface area contributed by atoms with Crippen molar-refractivity contribution in [3.63, 3.8) is 0 Å². The molecule has 1 rings (SSSR count). The molecular weight excluding hydrogens is 231 g/mol. The van der Waals surface area contributed by atoms with E-state index in [4.69, 9.17) is 5.11 Å². The molecule has 2 unspecified atom stereocenters. The van der Waals surface area contributed by atoms with E-state index in [0.29, 0.717) is 5.56 Å². The molecule has 16 heavy (non-hydrogen) atoms. The number of hydrogen-bond donors (Lipinski definition) is 3.